The minimum Gasteiger partial charge on any atom is -0.339 e. The molecule has 2 aromatic rings. The molecule has 0 saturated carbocycles. The number of hydrogen-bond donors (Lipinski definition) is 1. The average Bonchev–Trinajstić information content (AvgIpc) is 3.03. The molecule has 1 unspecified atom stereocenters. The van der Waals surface area contributed by atoms with Gasteiger partial charge in [-0.2, -0.15) is 4.98 Å². The number of hydrogen-bond acceptors (Lipinski definition) is 5. The highest BCUT2D eigenvalue weighted by Crippen LogP contribution is 2.21. The van der Waals surface area contributed by atoms with Gasteiger partial charge in [-0.1, -0.05) is 18.1 Å². The fourth-order valence-electron chi connectivity index (χ4n) is 1.70. The molecular formula is C13H19N3OS. The van der Waals surface area contributed by atoms with Crippen LogP contribution in [0.2, 0.25) is 0 Å². The topological polar surface area (TPSA) is 51.0 Å². The molecule has 2 heterocycles. The number of thiophene rings is 1. The van der Waals surface area contributed by atoms with Gasteiger partial charge in [-0.15, -0.1) is 11.3 Å². The Bertz CT molecular complexity index is 453. The molecule has 0 aliphatic heterocycles. The molecule has 0 radical (unpaired) electrons. The van der Waals surface area contributed by atoms with E-state index in [0.717, 1.165) is 36.6 Å². The molecule has 0 aliphatic carbocycles. The molecule has 1 N–H and O–H groups in total. The minimum atomic E-state index is 0.488. The van der Waals surface area contributed by atoms with Crippen LogP contribution in [0.5, 0.6) is 0 Å². The number of aryl methyl sites for hydroxylation is 1. The lowest BCUT2D eigenvalue weighted by Crippen LogP contribution is -2.27. The molecule has 0 bridgehead atoms. The lowest BCUT2D eigenvalue weighted by Gasteiger charge is -2.10. The molecular weight excluding hydrogens is 246 g/mol. The van der Waals surface area contributed by atoms with E-state index in [1.807, 2.05) is 17.5 Å². The average molecular weight is 265 g/mol. The van der Waals surface area contributed by atoms with Crippen molar-refractivity contribution in [2.24, 2.45) is 0 Å². The first-order valence-electron chi connectivity index (χ1n) is 6.39. The van der Waals surface area contributed by atoms with Gasteiger partial charge < -0.3 is 9.84 Å². The van der Waals surface area contributed by atoms with E-state index in [9.17, 15) is 0 Å². The Kier molecular flexibility index (Phi) is 4.90. The molecule has 0 saturated heterocycles. The highest BCUT2D eigenvalue weighted by molar-refractivity contribution is 7.13. The first kappa shape index (κ1) is 13.2. The van der Waals surface area contributed by atoms with Crippen LogP contribution < -0.4 is 5.32 Å². The van der Waals surface area contributed by atoms with Crippen LogP contribution in [0.3, 0.4) is 0 Å². The molecule has 4 nitrogen and oxygen atoms in total. The smallest absolute Gasteiger partial charge is 0.227 e. The number of rotatable bonds is 7. The SMILES string of the molecule is CCCNC(C)CCc1nc(-c2cccs2)no1. The van der Waals surface area contributed by atoms with Crippen molar-refractivity contribution < 1.29 is 4.52 Å². The van der Waals surface area contributed by atoms with Crippen molar-refractivity contribution >= 4 is 11.3 Å². The summed E-state index contributed by atoms with van der Waals surface area (Å²) in [6, 6.07) is 4.49. The Labute approximate surface area is 111 Å². The predicted molar refractivity (Wildman–Crippen MR) is 73.7 cm³/mol. The van der Waals surface area contributed by atoms with Gasteiger partial charge in [0.25, 0.3) is 0 Å². The molecule has 18 heavy (non-hydrogen) atoms. The van der Waals surface area contributed by atoms with E-state index in [2.05, 4.69) is 29.3 Å². The minimum absolute atomic E-state index is 0.488. The molecule has 0 fully saturated rings. The molecule has 98 valence electrons. The van der Waals surface area contributed by atoms with Crippen LogP contribution in [0.1, 0.15) is 32.6 Å². The Morgan fingerprint density at radius 2 is 2.39 bits per heavy atom. The molecule has 0 amide bonds. The zero-order valence-corrected chi connectivity index (χ0v) is 11.7. The summed E-state index contributed by atoms with van der Waals surface area (Å²) in [6.07, 6.45) is 3.01. The Morgan fingerprint density at radius 3 is 3.11 bits per heavy atom. The highest BCUT2D eigenvalue weighted by atomic mass is 32.1. The maximum Gasteiger partial charge on any atom is 0.227 e. The summed E-state index contributed by atoms with van der Waals surface area (Å²) < 4.78 is 5.26. The van der Waals surface area contributed by atoms with Gasteiger partial charge >= 0.3 is 0 Å². The third kappa shape index (κ3) is 3.65. The zero-order chi connectivity index (χ0) is 12.8. The molecule has 0 spiro atoms. The first-order chi connectivity index (χ1) is 8.79. The fourth-order valence-corrected chi connectivity index (χ4v) is 2.34. The standard InChI is InChI=1S/C13H19N3OS/c1-3-8-14-10(2)6-7-12-15-13(16-17-12)11-5-4-9-18-11/h4-5,9-10,14H,3,6-8H2,1-2H3. The van der Waals surface area contributed by atoms with Crippen molar-refractivity contribution in [2.75, 3.05) is 6.54 Å². The second-order valence-electron chi connectivity index (χ2n) is 4.38. The summed E-state index contributed by atoms with van der Waals surface area (Å²) >= 11 is 1.63. The van der Waals surface area contributed by atoms with E-state index < -0.39 is 0 Å². The summed E-state index contributed by atoms with van der Waals surface area (Å²) in [5.74, 6) is 1.43. The van der Waals surface area contributed by atoms with Crippen molar-refractivity contribution in [1.29, 1.82) is 0 Å². The van der Waals surface area contributed by atoms with Gasteiger partial charge in [0.15, 0.2) is 0 Å². The Balaban J connectivity index is 1.84. The van der Waals surface area contributed by atoms with Crippen molar-refractivity contribution in [3.8, 4) is 10.7 Å². The number of nitrogens with one attached hydrogen (secondary N) is 1. The van der Waals surface area contributed by atoms with Crippen molar-refractivity contribution in [3.05, 3.63) is 23.4 Å². The van der Waals surface area contributed by atoms with Gasteiger partial charge in [-0.25, -0.2) is 0 Å². The highest BCUT2D eigenvalue weighted by Gasteiger charge is 2.10. The summed E-state index contributed by atoms with van der Waals surface area (Å²) in [7, 11) is 0. The van der Waals surface area contributed by atoms with Gasteiger partial charge in [-0.05, 0) is 37.8 Å². The van der Waals surface area contributed by atoms with E-state index in [1.165, 1.54) is 0 Å². The van der Waals surface area contributed by atoms with E-state index >= 15 is 0 Å². The van der Waals surface area contributed by atoms with Gasteiger partial charge in [0.2, 0.25) is 11.7 Å². The fraction of sp³-hybridized carbons (Fsp3) is 0.538. The van der Waals surface area contributed by atoms with Crippen LogP contribution in [-0.2, 0) is 6.42 Å². The summed E-state index contributed by atoms with van der Waals surface area (Å²) in [4.78, 5) is 5.47. The zero-order valence-electron chi connectivity index (χ0n) is 10.8. The second kappa shape index (κ2) is 6.66. The van der Waals surface area contributed by atoms with Crippen LogP contribution in [0.4, 0.5) is 0 Å². The van der Waals surface area contributed by atoms with E-state index in [0.29, 0.717) is 11.9 Å². The quantitative estimate of drug-likeness (QED) is 0.835. The van der Waals surface area contributed by atoms with E-state index in [1.54, 1.807) is 11.3 Å². The van der Waals surface area contributed by atoms with Crippen molar-refractivity contribution in [1.82, 2.24) is 15.5 Å². The summed E-state index contributed by atoms with van der Waals surface area (Å²) in [5.41, 5.74) is 0. The summed E-state index contributed by atoms with van der Waals surface area (Å²) in [6.45, 7) is 5.42. The van der Waals surface area contributed by atoms with E-state index in [4.69, 9.17) is 4.52 Å². The van der Waals surface area contributed by atoms with Crippen LogP contribution >= 0.6 is 11.3 Å². The number of nitrogens with zero attached hydrogens (tertiary/aromatic N) is 2. The monoisotopic (exact) mass is 265 g/mol. The van der Waals surface area contributed by atoms with Crippen LogP contribution in [0.15, 0.2) is 22.0 Å². The molecule has 2 aromatic heterocycles. The molecule has 5 heteroatoms. The predicted octanol–water partition coefficient (Wildman–Crippen LogP) is 3.12. The maximum atomic E-state index is 5.26. The largest absolute Gasteiger partial charge is 0.339 e. The summed E-state index contributed by atoms with van der Waals surface area (Å²) in [5, 5.41) is 9.47. The van der Waals surface area contributed by atoms with Gasteiger partial charge in [-0.3, -0.25) is 0 Å². The Hall–Kier alpha value is -1.20. The maximum absolute atomic E-state index is 5.26. The lowest BCUT2D eigenvalue weighted by molar-refractivity contribution is 0.367. The first-order valence-corrected chi connectivity index (χ1v) is 7.27. The van der Waals surface area contributed by atoms with Crippen molar-refractivity contribution in [2.45, 2.75) is 39.2 Å². The second-order valence-corrected chi connectivity index (χ2v) is 5.33. The van der Waals surface area contributed by atoms with Gasteiger partial charge in [0.05, 0.1) is 4.88 Å². The van der Waals surface area contributed by atoms with Crippen LogP contribution in [-0.4, -0.2) is 22.7 Å². The third-order valence-electron chi connectivity index (χ3n) is 2.74. The van der Waals surface area contributed by atoms with Crippen LogP contribution in [0, 0.1) is 0 Å². The number of aromatic nitrogens is 2. The molecule has 0 aromatic carbocycles. The van der Waals surface area contributed by atoms with Gasteiger partial charge in [0.1, 0.15) is 0 Å². The van der Waals surface area contributed by atoms with Crippen LogP contribution in [0.25, 0.3) is 10.7 Å². The van der Waals surface area contributed by atoms with Crippen molar-refractivity contribution in [3.63, 3.8) is 0 Å². The normalized spacial score (nSPS) is 12.8. The molecule has 1 atom stereocenters. The third-order valence-corrected chi connectivity index (χ3v) is 3.61. The lowest BCUT2D eigenvalue weighted by atomic mass is 10.2. The Morgan fingerprint density at radius 1 is 1.50 bits per heavy atom. The molecule has 0 aliphatic rings. The molecule has 2 rings (SSSR count). The van der Waals surface area contributed by atoms with Gasteiger partial charge in [0, 0.05) is 12.5 Å². The van der Waals surface area contributed by atoms with E-state index in [-0.39, 0.29) is 0 Å².